The van der Waals surface area contributed by atoms with E-state index in [1.54, 1.807) is 13.8 Å². The van der Waals surface area contributed by atoms with Crippen LogP contribution in [-0.2, 0) is 26.2 Å². The molecule has 4 rings (SSSR count). The molecule has 0 amide bonds. The highest BCUT2D eigenvalue weighted by Crippen LogP contribution is 2.35. The zero-order chi connectivity index (χ0) is 28.6. The van der Waals surface area contributed by atoms with Crippen molar-refractivity contribution in [3.8, 4) is 0 Å². The Kier molecular flexibility index (Phi) is 7.23. The fourth-order valence-electron chi connectivity index (χ4n) is 3.35. The molecule has 0 radical (unpaired) electrons. The quantitative estimate of drug-likeness (QED) is 0.334. The zero-order valence-corrected chi connectivity index (χ0v) is 21.9. The molecule has 0 unspecified atom stereocenters. The van der Waals surface area contributed by atoms with Gasteiger partial charge in [-0.1, -0.05) is 47.5 Å². The van der Waals surface area contributed by atoms with E-state index in [0.29, 0.717) is 5.56 Å². The van der Waals surface area contributed by atoms with E-state index in [1.165, 1.54) is 54.6 Å². The average molecular weight is 580 g/mol. The lowest BCUT2D eigenvalue weighted by molar-refractivity contribution is -0.136. The number of halogens is 3. The van der Waals surface area contributed by atoms with Crippen LogP contribution in [0.5, 0.6) is 0 Å². The van der Waals surface area contributed by atoms with Gasteiger partial charge in [0.2, 0.25) is 11.8 Å². The molecular formula is C24H20F3N5O5S2. The third kappa shape index (κ3) is 5.93. The summed E-state index contributed by atoms with van der Waals surface area (Å²) in [6, 6.07) is 15.0. The first-order valence-electron chi connectivity index (χ1n) is 11.0. The second-order valence-corrected chi connectivity index (χ2v) is 11.8. The number of sulfonamides is 1. The lowest BCUT2D eigenvalue weighted by Crippen LogP contribution is -2.34. The number of hydrogen-bond donors (Lipinski definition) is 2. The number of nitrogens with zero attached hydrogens (tertiary/aromatic N) is 3. The van der Waals surface area contributed by atoms with Crippen molar-refractivity contribution >= 4 is 37.5 Å². The number of aromatic nitrogens is 3. The Morgan fingerprint density at radius 3 is 1.90 bits per heavy atom. The third-order valence-corrected chi connectivity index (χ3v) is 8.29. The van der Waals surface area contributed by atoms with Crippen LogP contribution in [-0.4, -0.2) is 31.0 Å². The molecule has 3 aromatic carbocycles. The monoisotopic (exact) mass is 579 g/mol. The number of nitrogens with one attached hydrogen (secondary N) is 2. The Morgan fingerprint density at radius 1 is 0.795 bits per heavy atom. The summed E-state index contributed by atoms with van der Waals surface area (Å²) < 4.78 is 95.0. The molecular weight excluding hydrogens is 559 g/mol. The molecule has 39 heavy (non-hydrogen) atoms. The van der Waals surface area contributed by atoms with Crippen molar-refractivity contribution in [1.82, 2.24) is 14.2 Å². The number of hydrogen-bond acceptors (Lipinski definition) is 8. The number of anilines is 3. The minimum absolute atomic E-state index is 0.0316. The molecule has 0 aliphatic carbocycles. The Hall–Kier alpha value is -4.24. The topological polar surface area (TPSA) is 140 Å². The minimum atomic E-state index is -4.80. The van der Waals surface area contributed by atoms with Crippen molar-refractivity contribution in [2.24, 2.45) is 0 Å². The summed E-state index contributed by atoms with van der Waals surface area (Å²) in [7, 11) is -9.19. The first-order valence-corrected chi connectivity index (χ1v) is 14.0. The molecule has 1 heterocycles. The SMILES string of the molecule is Cc1ccc(S(=O)(=O)Nc2nc(Nc3ccccc3C(F)(F)F)nn(S(=O)(=O)c3ccc(C)cc3)c2=O)cc1. The van der Waals surface area contributed by atoms with Crippen LogP contribution in [0.3, 0.4) is 0 Å². The second-order valence-electron chi connectivity index (χ2n) is 8.34. The lowest BCUT2D eigenvalue weighted by atomic mass is 10.1. The number of rotatable bonds is 7. The van der Waals surface area contributed by atoms with E-state index in [1.807, 2.05) is 4.72 Å². The van der Waals surface area contributed by atoms with Crippen molar-refractivity contribution in [2.45, 2.75) is 29.8 Å². The summed E-state index contributed by atoms with van der Waals surface area (Å²) in [5, 5.41) is 5.88. The molecule has 0 saturated carbocycles. The summed E-state index contributed by atoms with van der Waals surface area (Å²) in [5.41, 5.74) is -1.70. The highest BCUT2D eigenvalue weighted by molar-refractivity contribution is 7.92. The molecule has 0 atom stereocenters. The Bertz CT molecular complexity index is 1810. The second kappa shape index (κ2) is 10.1. The van der Waals surface area contributed by atoms with Crippen LogP contribution in [0.15, 0.2) is 87.4 Å². The fraction of sp³-hybridized carbons (Fsp3) is 0.125. The Morgan fingerprint density at radius 2 is 1.33 bits per heavy atom. The number of benzene rings is 3. The summed E-state index contributed by atoms with van der Waals surface area (Å²) in [4.78, 5) is 16.3. The van der Waals surface area contributed by atoms with Gasteiger partial charge in [-0.15, -0.1) is 9.19 Å². The largest absolute Gasteiger partial charge is 0.418 e. The van der Waals surface area contributed by atoms with E-state index in [9.17, 15) is 34.8 Å². The van der Waals surface area contributed by atoms with Gasteiger partial charge in [-0.3, -0.25) is 9.52 Å². The van der Waals surface area contributed by atoms with Crippen molar-refractivity contribution < 1.29 is 30.0 Å². The van der Waals surface area contributed by atoms with Gasteiger partial charge in [0.1, 0.15) is 0 Å². The van der Waals surface area contributed by atoms with Crippen molar-refractivity contribution in [2.75, 3.05) is 10.0 Å². The number of aryl methyl sites for hydroxylation is 2. The standard InChI is InChI=1S/C24H20F3N5O5S2/c1-15-7-11-17(12-8-15)38(34,35)31-21-22(33)32(39(36,37)18-13-9-16(2)10-14-18)30-23(29-21)28-20-6-4-3-5-19(20)24(25,26)27/h3-14H,1-2H3,(H2,28,29,30,31). The van der Waals surface area contributed by atoms with E-state index in [0.717, 1.165) is 23.8 Å². The maximum absolute atomic E-state index is 13.5. The summed E-state index contributed by atoms with van der Waals surface area (Å²) in [5.74, 6) is -1.79. The van der Waals surface area contributed by atoms with E-state index in [2.05, 4.69) is 15.4 Å². The van der Waals surface area contributed by atoms with Gasteiger partial charge in [-0.05, 0) is 50.2 Å². The first-order chi connectivity index (χ1) is 18.2. The fourth-order valence-corrected chi connectivity index (χ4v) is 5.52. The summed E-state index contributed by atoms with van der Waals surface area (Å²) >= 11 is 0. The molecule has 0 bridgehead atoms. The van der Waals surface area contributed by atoms with Gasteiger partial charge in [0.05, 0.1) is 21.0 Å². The molecule has 0 spiro atoms. The summed E-state index contributed by atoms with van der Waals surface area (Å²) in [6.45, 7) is 3.42. The van der Waals surface area contributed by atoms with Gasteiger partial charge < -0.3 is 5.32 Å². The first kappa shape index (κ1) is 27.8. The van der Waals surface area contributed by atoms with Crippen LogP contribution < -0.4 is 15.6 Å². The molecule has 0 aliphatic rings. The Balaban J connectivity index is 1.89. The van der Waals surface area contributed by atoms with Gasteiger partial charge in [0.15, 0.2) is 0 Å². The summed E-state index contributed by atoms with van der Waals surface area (Å²) in [6.07, 6.45) is -4.80. The van der Waals surface area contributed by atoms with Crippen LogP contribution in [0, 0.1) is 13.8 Å². The lowest BCUT2D eigenvalue weighted by Gasteiger charge is -2.15. The van der Waals surface area contributed by atoms with Crippen LogP contribution in [0.2, 0.25) is 0 Å². The van der Waals surface area contributed by atoms with Crippen molar-refractivity contribution in [1.29, 1.82) is 0 Å². The van der Waals surface area contributed by atoms with Gasteiger partial charge in [-0.2, -0.15) is 26.6 Å². The van der Waals surface area contributed by atoms with Gasteiger partial charge in [0, 0.05) is 0 Å². The molecule has 10 nitrogen and oxygen atoms in total. The maximum atomic E-state index is 13.5. The molecule has 15 heteroatoms. The van der Waals surface area contributed by atoms with E-state index < -0.39 is 54.8 Å². The highest BCUT2D eigenvalue weighted by atomic mass is 32.2. The van der Waals surface area contributed by atoms with Crippen LogP contribution in [0.25, 0.3) is 0 Å². The number of para-hydroxylation sites is 1. The van der Waals surface area contributed by atoms with Gasteiger partial charge >= 0.3 is 11.7 Å². The van der Waals surface area contributed by atoms with Gasteiger partial charge in [-0.25, -0.2) is 8.42 Å². The predicted octanol–water partition coefficient (Wildman–Crippen LogP) is 4.06. The molecule has 0 aliphatic heterocycles. The predicted molar refractivity (Wildman–Crippen MR) is 137 cm³/mol. The van der Waals surface area contributed by atoms with Crippen LogP contribution in [0.1, 0.15) is 16.7 Å². The van der Waals surface area contributed by atoms with E-state index in [-0.39, 0.29) is 13.9 Å². The molecule has 4 aromatic rings. The van der Waals surface area contributed by atoms with E-state index >= 15 is 0 Å². The van der Waals surface area contributed by atoms with E-state index in [4.69, 9.17) is 0 Å². The van der Waals surface area contributed by atoms with Crippen molar-refractivity contribution in [3.05, 3.63) is 99.8 Å². The molecule has 0 fully saturated rings. The van der Waals surface area contributed by atoms with Crippen molar-refractivity contribution in [3.63, 3.8) is 0 Å². The average Bonchev–Trinajstić information content (AvgIpc) is 2.86. The zero-order valence-electron chi connectivity index (χ0n) is 20.3. The highest BCUT2D eigenvalue weighted by Gasteiger charge is 2.34. The molecule has 0 saturated heterocycles. The minimum Gasteiger partial charge on any atom is -0.322 e. The molecule has 204 valence electrons. The maximum Gasteiger partial charge on any atom is 0.418 e. The van der Waals surface area contributed by atoms with Crippen LogP contribution in [0.4, 0.5) is 30.6 Å². The molecule has 2 N–H and O–H groups in total. The number of alkyl halides is 3. The van der Waals surface area contributed by atoms with Gasteiger partial charge in [0.25, 0.3) is 20.0 Å². The normalized spacial score (nSPS) is 12.2. The third-order valence-electron chi connectivity index (χ3n) is 5.37. The Labute approximate surface area is 221 Å². The smallest absolute Gasteiger partial charge is 0.322 e. The molecule has 1 aromatic heterocycles. The van der Waals surface area contributed by atoms with Crippen LogP contribution >= 0.6 is 0 Å².